The van der Waals surface area contributed by atoms with E-state index in [1.54, 1.807) is 12.1 Å². The summed E-state index contributed by atoms with van der Waals surface area (Å²) in [6.07, 6.45) is 0.685. The Kier molecular flexibility index (Phi) is 2.33. The van der Waals surface area contributed by atoms with E-state index in [-0.39, 0.29) is 18.0 Å². The van der Waals surface area contributed by atoms with Crippen LogP contribution in [0.4, 0.5) is 4.39 Å². The van der Waals surface area contributed by atoms with Gasteiger partial charge in [-0.2, -0.15) is 0 Å². The van der Waals surface area contributed by atoms with Crippen LogP contribution in [0.1, 0.15) is 5.56 Å². The van der Waals surface area contributed by atoms with Crippen LogP contribution in [0.2, 0.25) is 0 Å². The molecule has 0 bridgehead atoms. The van der Waals surface area contributed by atoms with Gasteiger partial charge in [0.05, 0.1) is 6.10 Å². The molecule has 1 aromatic carbocycles. The second-order valence-electron chi connectivity index (χ2n) is 4.57. The van der Waals surface area contributed by atoms with Crippen LogP contribution in [0.5, 0.6) is 5.75 Å². The molecule has 2 aliphatic heterocycles. The van der Waals surface area contributed by atoms with Gasteiger partial charge in [-0.1, -0.05) is 0 Å². The minimum Gasteiger partial charge on any atom is -0.488 e. The number of likely N-dealkylation sites (tertiary alicyclic amines) is 1. The van der Waals surface area contributed by atoms with Crippen molar-refractivity contribution in [3.05, 3.63) is 29.6 Å². The molecule has 0 radical (unpaired) electrons. The summed E-state index contributed by atoms with van der Waals surface area (Å²) < 4.78 is 18.7. The molecule has 0 amide bonds. The number of halogens is 1. The summed E-state index contributed by atoms with van der Waals surface area (Å²) in [5, 5.41) is 9.17. The highest BCUT2D eigenvalue weighted by atomic mass is 19.1. The lowest BCUT2D eigenvalue weighted by Gasteiger charge is -2.37. The molecule has 3 rings (SSSR count). The SMILES string of the molecule is OC1CN(CC2Cc3cc(F)ccc3O2)C1. The number of benzene rings is 1. The van der Waals surface area contributed by atoms with E-state index in [2.05, 4.69) is 4.90 Å². The van der Waals surface area contributed by atoms with Crippen LogP contribution in [-0.2, 0) is 6.42 Å². The van der Waals surface area contributed by atoms with Gasteiger partial charge in [-0.05, 0) is 18.2 Å². The quantitative estimate of drug-likeness (QED) is 0.805. The Labute approximate surface area is 93.4 Å². The Hall–Kier alpha value is -1.13. The van der Waals surface area contributed by atoms with Crippen LogP contribution >= 0.6 is 0 Å². The van der Waals surface area contributed by atoms with Crippen molar-refractivity contribution in [2.24, 2.45) is 0 Å². The number of β-amino-alcohol motifs (C(OH)–C–C–N with tert-alkyl or cyclic N) is 1. The molecule has 1 N–H and O–H groups in total. The summed E-state index contributed by atoms with van der Waals surface area (Å²) in [4.78, 5) is 2.15. The van der Waals surface area contributed by atoms with Gasteiger partial charge in [-0.3, -0.25) is 4.90 Å². The Balaban J connectivity index is 1.62. The van der Waals surface area contributed by atoms with E-state index < -0.39 is 0 Å². The fraction of sp³-hybridized carbons (Fsp3) is 0.500. The zero-order valence-electron chi connectivity index (χ0n) is 8.90. The maximum Gasteiger partial charge on any atom is 0.123 e. The molecular weight excluding hydrogens is 209 g/mol. The van der Waals surface area contributed by atoms with Crippen molar-refractivity contribution in [3.63, 3.8) is 0 Å². The summed E-state index contributed by atoms with van der Waals surface area (Å²) in [6, 6.07) is 4.66. The summed E-state index contributed by atoms with van der Waals surface area (Å²) in [5.41, 5.74) is 0.950. The number of hydrogen-bond acceptors (Lipinski definition) is 3. The highest BCUT2D eigenvalue weighted by molar-refractivity contribution is 5.37. The number of ether oxygens (including phenoxy) is 1. The molecule has 1 aromatic rings. The Morgan fingerprint density at radius 1 is 1.44 bits per heavy atom. The van der Waals surface area contributed by atoms with E-state index >= 15 is 0 Å². The van der Waals surface area contributed by atoms with Gasteiger partial charge in [-0.15, -0.1) is 0 Å². The highest BCUT2D eigenvalue weighted by Crippen LogP contribution is 2.30. The number of rotatable bonds is 2. The zero-order valence-corrected chi connectivity index (χ0v) is 8.90. The first-order chi connectivity index (χ1) is 7.70. The van der Waals surface area contributed by atoms with E-state index in [1.807, 2.05) is 0 Å². The van der Waals surface area contributed by atoms with Gasteiger partial charge in [0.25, 0.3) is 0 Å². The fourth-order valence-corrected chi connectivity index (χ4v) is 2.37. The van der Waals surface area contributed by atoms with Gasteiger partial charge in [0.2, 0.25) is 0 Å². The average molecular weight is 223 g/mol. The Bertz CT molecular complexity index is 404. The van der Waals surface area contributed by atoms with E-state index in [9.17, 15) is 9.50 Å². The molecule has 0 saturated carbocycles. The van der Waals surface area contributed by atoms with Crippen LogP contribution in [-0.4, -0.2) is 41.8 Å². The topological polar surface area (TPSA) is 32.7 Å². The second-order valence-corrected chi connectivity index (χ2v) is 4.57. The van der Waals surface area contributed by atoms with Crippen molar-refractivity contribution in [1.82, 2.24) is 4.90 Å². The molecule has 2 heterocycles. The van der Waals surface area contributed by atoms with Crippen LogP contribution in [0, 0.1) is 5.82 Å². The lowest BCUT2D eigenvalue weighted by Crippen LogP contribution is -2.53. The number of fused-ring (bicyclic) bond motifs is 1. The molecule has 2 aliphatic rings. The molecule has 1 unspecified atom stereocenters. The number of nitrogens with zero attached hydrogens (tertiary/aromatic N) is 1. The van der Waals surface area contributed by atoms with E-state index in [0.717, 1.165) is 37.4 Å². The number of hydrogen-bond donors (Lipinski definition) is 1. The molecule has 16 heavy (non-hydrogen) atoms. The van der Waals surface area contributed by atoms with Gasteiger partial charge < -0.3 is 9.84 Å². The number of aliphatic hydroxyl groups excluding tert-OH is 1. The van der Waals surface area contributed by atoms with Crippen LogP contribution in [0.25, 0.3) is 0 Å². The summed E-state index contributed by atoms with van der Waals surface area (Å²) >= 11 is 0. The zero-order chi connectivity index (χ0) is 11.1. The third-order valence-electron chi connectivity index (χ3n) is 3.16. The first kappa shape index (κ1) is 10.1. The molecule has 1 saturated heterocycles. The van der Waals surface area contributed by atoms with Crippen molar-refractivity contribution >= 4 is 0 Å². The highest BCUT2D eigenvalue weighted by Gasteiger charge is 2.30. The van der Waals surface area contributed by atoms with Gasteiger partial charge >= 0.3 is 0 Å². The summed E-state index contributed by atoms with van der Waals surface area (Å²) in [5.74, 6) is 0.592. The molecule has 4 heteroatoms. The predicted octanol–water partition coefficient (Wildman–Crippen LogP) is 0.806. The van der Waals surface area contributed by atoms with Gasteiger partial charge in [0.1, 0.15) is 17.7 Å². The molecule has 86 valence electrons. The first-order valence-corrected chi connectivity index (χ1v) is 5.56. The van der Waals surface area contributed by atoms with E-state index in [4.69, 9.17) is 4.74 Å². The molecule has 0 aliphatic carbocycles. The van der Waals surface area contributed by atoms with Crippen molar-refractivity contribution in [1.29, 1.82) is 0 Å². The monoisotopic (exact) mass is 223 g/mol. The van der Waals surface area contributed by atoms with Crippen molar-refractivity contribution < 1.29 is 14.2 Å². The molecule has 1 fully saturated rings. The molecule has 3 nitrogen and oxygen atoms in total. The van der Waals surface area contributed by atoms with Gasteiger partial charge in [0, 0.05) is 31.6 Å². The standard InChI is InChI=1S/C12H14FNO2/c13-9-1-2-12-8(3-9)4-11(16-12)7-14-5-10(15)6-14/h1-3,10-11,15H,4-7H2. The van der Waals surface area contributed by atoms with Crippen molar-refractivity contribution in [2.45, 2.75) is 18.6 Å². The maximum atomic E-state index is 13.0. The van der Waals surface area contributed by atoms with Gasteiger partial charge in [0.15, 0.2) is 0 Å². The first-order valence-electron chi connectivity index (χ1n) is 5.56. The van der Waals surface area contributed by atoms with E-state index in [1.165, 1.54) is 6.07 Å². The van der Waals surface area contributed by atoms with Crippen LogP contribution in [0.15, 0.2) is 18.2 Å². The molecule has 0 aromatic heterocycles. The van der Waals surface area contributed by atoms with Crippen LogP contribution < -0.4 is 4.74 Å². The second kappa shape index (κ2) is 3.71. The third kappa shape index (κ3) is 1.79. The Morgan fingerprint density at radius 3 is 3.00 bits per heavy atom. The number of aliphatic hydroxyl groups is 1. The molecule has 1 atom stereocenters. The van der Waals surface area contributed by atoms with E-state index in [0.29, 0.717) is 0 Å². The fourth-order valence-electron chi connectivity index (χ4n) is 2.37. The minimum atomic E-state index is -0.206. The summed E-state index contributed by atoms with van der Waals surface area (Å²) in [7, 11) is 0. The normalized spacial score (nSPS) is 25.0. The third-order valence-corrected chi connectivity index (χ3v) is 3.16. The largest absolute Gasteiger partial charge is 0.488 e. The van der Waals surface area contributed by atoms with Gasteiger partial charge in [-0.25, -0.2) is 4.39 Å². The smallest absolute Gasteiger partial charge is 0.123 e. The van der Waals surface area contributed by atoms with Crippen molar-refractivity contribution in [2.75, 3.05) is 19.6 Å². The molecule has 0 spiro atoms. The lowest BCUT2D eigenvalue weighted by molar-refractivity contribution is -0.0146. The summed E-state index contributed by atoms with van der Waals surface area (Å²) in [6.45, 7) is 2.27. The van der Waals surface area contributed by atoms with Crippen molar-refractivity contribution in [3.8, 4) is 5.75 Å². The predicted molar refractivity (Wildman–Crippen MR) is 57.0 cm³/mol. The average Bonchev–Trinajstić information content (AvgIpc) is 2.57. The molecular formula is C12H14FNO2. The lowest BCUT2D eigenvalue weighted by atomic mass is 10.1. The Morgan fingerprint density at radius 2 is 2.25 bits per heavy atom. The minimum absolute atomic E-state index is 0.101. The van der Waals surface area contributed by atoms with Crippen LogP contribution in [0.3, 0.4) is 0 Å². The maximum absolute atomic E-state index is 13.0.